The second-order valence-corrected chi connectivity index (χ2v) is 10.5. The molecule has 1 aromatic heterocycles. The summed E-state index contributed by atoms with van der Waals surface area (Å²) in [5.74, 6) is -0.870. The quantitative estimate of drug-likeness (QED) is 0.195. The van der Waals surface area contributed by atoms with Gasteiger partial charge in [0, 0.05) is 23.9 Å². The maximum absolute atomic E-state index is 12.8. The Morgan fingerprint density at radius 2 is 1.76 bits per heavy atom. The van der Waals surface area contributed by atoms with E-state index in [-0.39, 0.29) is 23.7 Å². The summed E-state index contributed by atoms with van der Waals surface area (Å²) in [7, 11) is 1.65. The molecule has 2 aliphatic rings. The Morgan fingerprint density at radius 3 is 2.36 bits per heavy atom. The number of aliphatic hydroxyl groups is 3. The molecule has 2 aromatic rings. The molecule has 2 amide bonds. The Labute approximate surface area is 242 Å². The van der Waals surface area contributed by atoms with E-state index in [4.69, 9.17) is 19.9 Å². The number of aromatic nitrogens is 2. The third-order valence-electron chi connectivity index (χ3n) is 7.34. The van der Waals surface area contributed by atoms with Gasteiger partial charge in [0.1, 0.15) is 30.4 Å². The van der Waals surface area contributed by atoms with Crippen LogP contribution in [0, 0.1) is 0 Å². The molecule has 2 saturated heterocycles. The van der Waals surface area contributed by atoms with E-state index < -0.39 is 72.8 Å². The van der Waals surface area contributed by atoms with Gasteiger partial charge in [0.2, 0.25) is 5.91 Å². The van der Waals surface area contributed by atoms with Crippen LogP contribution < -0.4 is 27.4 Å². The summed E-state index contributed by atoms with van der Waals surface area (Å²) >= 11 is 0. The molecule has 2 fully saturated rings. The van der Waals surface area contributed by atoms with Gasteiger partial charge in [-0.1, -0.05) is 0 Å². The first-order valence-corrected chi connectivity index (χ1v) is 13.6. The second-order valence-electron chi connectivity index (χ2n) is 10.5. The van der Waals surface area contributed by atoms with E-state index >= 15 is 0 Å². The molecule has 0 saturated carbocycles. The molecule has 230 valence electrons. The number of nitrogens with zero attached hydrogens (tertiary/aromatic N) is 2. The standard InChI is InChI=1S/C27H38N6O9/c1-12(28)24(37)30-16-7-5-15(6-8-16)25(38)31-18-9-10-33(27(39)32-18)19-11-17(34)23(14(3)40-19)42-26-22(36)21(35)20(29-4)13(2)41-26/h5-10,12-14,17,19-23,26,29,34-36H,11,28H2,1-4H3,(H,30,37)(H,31,32,38,39)/t12-,13-,14-,17-,19-,20-,21+,22-,23-,26-/m1/s1. The highest BCUT2D eigenvalue weighted by molar-refractivity contribution is 6.04. The number of anilines is 2. The van der Waals surface area contributed by atoms with Crippen molar-refractivity contribution >= 4 is 23.3 Å². The predicted molar refractivity (Wildman–Crippen MR) is 149 cm³/mol. The van der Waals surface area contributed by atoms with Gasteiger partial charge in [-0.25, -0.2) is 4.79 Å². The lowest BCUT2D eigenvalue weighted by atomic mass is 9.96. The van der Waals surface area contributed by atoms with Crippen molar-refractivity contribution in [1.82, 2.24) is 14.9 Å². The van der Waals surface area contributed by atoms with Crippen LogP contribution >= 0.6 is 0 Å². The number of amides is 2. The molecule has 10 atom stereocenters. The third kappa shape index (κ3) is 7.02. The van der Waals surface area contributed by atoms with E-state index in [0.29, 0.717) is 5.69 Å². The van der Waals surface area contributed by atoms with Crippen LogP contribution in [-0.2, 0) is 19.0 Å². The van der Waals surface area contributed by atoms with Gasteiger partial charge < -0.3 is 51.2 Å². The van der Waals surface area contributed by atoms with Gasteiger partial charge in [0.15, 0.2) is 6.29 Å². The molecular weight excluding hydrogens is 552 g/mol. The number of nitrogens with one attached hydrogen (secondary N) is 3. The molecule has 0 radical (unpaired) electrons. The van der Waals surface area contributed by atoms with Crippen molar-refractivity contribution in [2.45, 2.75) is 88.4 Å². The summed E-state index contributed by atoms with van der Waals surface area (Å²) in [5, 5.41) is 39.8. The molecule has 42 heavy (non-hydrogen) atoms. The van der Waals surface area contributed by atoms with Crippen molar-refractivity contribution in [3.8, 4) is 0 Å². The molecule has 8 N–H and O–H groups in total. The molecule has 1 aromatic carbocycles. The molecular formula is C27H38N6O9. The average molecular weight is 591 g/mol. The molecule has 0 aliphatic carbocycles. The molecule has 0 bridgehead atoms. The van der Waals surface area contributed by atoms with Gasteiger partial charge in [-0.2, -0.15) is 4.98 Å². The van der Waals surface area contributed by atoms with Crippen molar-refractivity contribution < 1.29 is 39.1 Å². The fourth-order valence-electron chi connectivity index (χ4n) is 4.97. The van der Waals surface area contributed by atoms with E-state index in [2.05, 4.69) is 20.9 Å². The van der Waals surface area contributed by atoms with Crippen molar-refractivity contribution in [3.63, 3.8) is 0 Å². The second kappa shape index (κ2) is 13.4. The maximum Gasteiger partial charge on any atom is 0.351 e. The van der Waals surface area contributed by atoms with Crippen molar-refractivity contribution in [3.05, 3.63) is 52.6 Å². The number of benzene rings is 1. The largest absolute Gasteiger partial charge is 0.390 e. The zero-order valence-electron chi connectivity index (χ0n) is 23.7. The first kappa shape index (κ1) is 31.7. The van der Waals surface area contributed by atoms with Crippen LogP contribution in [0.15, 0.2) is 41.3 Å². The summed E-state index contributed by atoms with van der Waals surface area (Å²) in [6.45, 7) is 4.93. The Morgan fingerprint density at radius 1 is 1.07 bits per heavy atom. The topological polar surface area (TPSA) is 220 Å². The highest BCUT2D eigenvalue weighted by Gasteiger charge is 2.46. The number of ether oxygens (including phenoxy) is 3. The number of carbonyl (C=O) groups is 2. The summed E-state index contributed by atoms with van der Waals surface area (Å²) in [4.78, 5) is 41.1. The van der Waals surface area contributed by atoms with Crippen LogP contribution in [0.3, 0.4) is 0 Å². The summed E-state index contributed by atoms with van der Waals surface area (Å²) in [6.07, 6.45) is -6.43. The lowest BCUT2D eigenvalue weighted by molar-refractivity contribution is -0.316. The molecule has 0 spiro atoms. The van der Waals surface area contributed by atoms with E-state index in [0.717, 1.165) is 0 Å². The number of hydrogen-bond donors (Lipinski definition) is 7. The van der Waals surface area contributed by atoms with Gasteiger partial charge in [0.25, 0.3) is 5.91 Å². The van der Waals surface area contributed by atoms with E-state index in [1.165, 1.54) is 29.0 Å². The minimum atomic E-state index is -1.36. The van der Waals surface area contributed by atoms with Crippen LogP contribution in [0.25, 0.3) is 0 Å². The van der Waals surface area contributed by atoms with Crippen LogP contribution in [0.4, 0.5) is 11.5 Å². The Balaban J connectivity index is 1.36. The molecule has 15 nitrogen and oxygen atoms in total. The minimum Gasteiger partial charge on any atom is -0.390 e. The molecule has 4 rings (SSSR count). The summed E-state index contributed by atoms with van der Waals surface area (Å²) in [5.41, 5.74) is 5.57. The van der Waals surface area contributed by atoms with Crippen LogP contribution in [0.2, 0.25) is 0 Å². The van der Waals surface area contributed by atoms with E-state index in [1.54, 1.807) is 40.0 Å². The van der Waals surface area contributed by atoms with Crippen molar-refractivity contribution in [2.75, 3.05) is 17.7 Å². The number of carbonyl (C=O) groups excluding carboxylic acids is 2. The lowest BCUT2D eigenvalue weighted by Gasteiger charge is -2.45. The van der Waals surface area contributed by atoms with Crippen molar-refractivity contribution in [2.24, 2.45) is 5.73 Å². The Hall–Kier alpha value is -3.28. The highest BCUT2D eigenvalue weighted by atomic mass is 16.7. The van der Waals surface area contributed by atoms with E-state index in [1.807, 2.05) is 0 Å². The van der Waals surface area contributed by atoms with E-state index in [9.17, 15) is 29.7 Å². The van der Waals surface area contributed by atoms with Gasteiger partial charge in [0.05, 0.1) is 30.4 Å². The monoisotopic (exact) mass is 590 g/mol. The number of rotatable bonds is 8. The summed E-state index contributed by atoms with van der Waals surface area (Å²) < 4.78 is 18.7. The molecule has 3 heterocycles. The number of nitrogens with two attached hydrogens (primary N) is 1. The smallest absolute Gasteiger partial charge is 0.351 e. The highest BCUT2D eigenvalue weighted by Crippen LogP contribution is 2.31. The normalized spacial score (nSPS) is 32.1. The van der Waals surface area contributed by atoms with Gasteiger partial charge in [-0.05, 0) is 58.2 Å². The van der Waals surface area contributed by atoms with Gasteiger partial charge in [-0.15, -0.1) is 0 Å². The first-order valence-electron chi connectivity index (χ1n) is 13.6. The molecule has 2 aliphatic heterocycles. The first-order chi connectivity index (χ1) is 19.9. The van der Waals surface area contributed by atoms with Crippen LogP contribution in [-0.4, -0.2) is 98.7 Å². The maximum atomic E-state index is 12.8. The zero-order valence-corrected chi connectivity index (χ0v) is 23.7. The molecule has 0 unspecified atom stereocenters. The fourth-order valence-corrected chi connectivity index (χ4v) is 4.97. The van der Waals surface area contributed by atoms with Crippen molar-refractivity contribution in [1.29, 1.82) is 0 Å². The third-order valence-corrected chi connectivity index (χ3v) is 7.34. The Kier molecular flexibility index (Phi) is 10.1. The van der Waals surface area contributed by atoms with Gasteiger partial charge >= 0.3 is 5.69 Å². The van der Waals surface area contributed by atoms with Crippen LogP contribution in [0.5, 0.6) is 0 Å². The minimum absolute atomic E-state index is 0.0113. The fraction of sp³-hybridized carbons (Fsp3) is 0.556. The zero-order chi connectivity index (χ0) is 30.7. The number of hydrogen-bond acceptors (Lipinski definition) is 12. The lowest BCUT2D eigenvalue weighted by Crippen LogP contribution is -2.63. The average Bonchev–Trinajstić information content (AvgIpc) is 2.93. The van der Waals surface area contributed by atoms with Gasteiger partial charge in [-0.3, -0.25) is 14.2 Å². The SMILES string of the molecule is CN[C@H]1[C@H](O)[C@@H](O)[C@@H](O[C@H]2[C@H](O)C[C@H](n3ccc(NC(=O)c4ccc(NC(=O)[C@@H](C)N)cc4)nc3=O)O[C@@H]2C)O[C@@H]1C. The summed E-state index contributed by atoms with van der Waals surface area (Å²) in [6, 6.07) is 6.34. The molecule has 15 heteroatoms. The Bertz CT molecular complexity index is 1290. The van der Waals surface area contributed by atoms with Crippen LogP contribution in [0.1, 0.15) is 43.8 Å². The number of aliphatic hydroxyl groups excluding tert-OH is 3. The predicted octanol–water partition coefficient (Wildman–Crippen LogP) is -1.11. The number of likely N-dealkylation sites (N-methyl/N-ethyl adjacent to an activating group) is 1.